The highest BCUT2D eigenvalue weighted by atomic mass is 16.3. The smallest absolute Gasteiger partial charge is 0.127 e. The average Bonchev–Trinajstić information content (AvgIpc) is 2.82. The van der Waals surface area contributed by atoms with Crippen molar-refractivity contribution < 1.29 is 10.2 Å². The number of phenolic OH excluding ortho intramolecular Hbond substituents is 2. The van der Waals surface area contributed by atoms with Crippen molar-refractivity contribution in [3.05, 3.63) is 81.9 Å². The van der Waals surface area contributed by atoms with Crippen LogP contribution in [0.2, 0.25) is 0 Å². The van der Waals surface area contributed by atoms with Gasteiger partial charge in [-0.1, -0.05) is 65.8 Å². The molecule has 0 heterocycles. The number of para-hydroxylation sites is 2. The van der Waals surface area contributed by atoms with Gasteiger partial charge in [-0.05, 0) is 71.2 Å². The maximum Gasteiger partial charge on any atom is 0.127 e. The Hall–Kier alpha value is -3.40. The molecule has 0 aliphatic carbocycles. The summed E-state index contributed by atoms with van der Waals surface area (Å²) in [5.74, 6) is 1.27. The highest BCUT2D eigenvalue weighted by Crippen LogP contribution is 2.32. The molecule has 0 aromatic heterocycles. The monoisotopic (exact) mass is 456 g/mol. The van der Waals surface area contributed by atoms with E-state index >= 15 is 0 Å². The molecule has 3 rings (SSSR count). The molecule has 0 atom stereocenters. The highest BCUT2D eigenvalue weighted by molar-refractivity contribution is 5.90. The van der Waals surface area contributed by atoms with Crippen molar-refractivity contribution in [2.45, 2.75) is 66.2 Å². The molecule has 0 amide bonds. The second-order valence-corrected chi connectivity index (χ2v) is 9.26. The van der Waals surface area contributed by atoms with E-state index < -0.39 is 0 Å². The van der Waals surface area contributed by atoms with Crippen LogP contribution in [-0.2, 0) is 12.8 Å². The summed E-state index contributed by atoms with van der Waals surface area (Å²) in [6.45, 7) is 12.7. The Bertz CT molecular complexity index is 1110. The van der Waals surface area contributed by atoms with Crippen LogP contribution < -0.4 is 0 Å². The zero-order valence-electron chi connectivity index (χ0n) is 21.1. The number of aliphatic imine (C=N–C) groups is 2. The molecular weight excluding hydrogens is 420 g/mol. The number of hydrogen-bond acceptors (Lipinski definition) is 4. The lowest BCUT2D eigenvalue weighted by Gasteiger charge is -2.12. The zero-order valence-corrected chi connectivity index (χ0v) is 21.1. The minimum absolute atomic E-state index is 0.277. The summed E-state index contributed by atoms with van der Waals surface area (Å²) in [6, 6.07) is 15.8. The summed E-state index contributed by atoms with van der Waals surface area (Å²) in [4.78, 5) is 9.33. The molecule has 0 aliphatic rings. The van der Waals surface area contributed by atoms with Crippen LogP contribution in [-0.4, -0.2) is 22.6 Å². The molecule has 0 saturated heterocycles. The van der Waals surface area contributed by atoms with E-state index in [1.54, 1.807) is 12.4 Å². The highest BCUT2D eigenvalue weighted by Gasteiger charge is 2.11. The van der Waals surface area contributed by atoms with Gasteiger partial charge in [-0.25, -0.2) is 0 Å². The largest absolute Gasteiger partial charge is 0.507 e. The third-order valence-corrected chi connectivity index (χ3v) is 6.14. The van der Waals surface area contributed by atoms with Crippen molar-refractivity contribution >= 4 is 23.8 Å². The van der Waals surface area contributed by atoms with Gasteiger partial charge in [0.1, 0.15) is 11.5 Å². The van der Waals surface area contributed by atoms with E-state index in [0.717, 1.165) is 24.0 Å². The lowest BCUT2D eigenvalue weighted by Crippen LogP contribution is -1.96. The first-order valence-corrected chi connectivity index (χ1v) is 12.1. The van der Waals surface area contributed by atoms with Gasteiger partial charge in [-0.3, -0.25) is 9.98 Å². The first-order valence-electron chi connectivity index (χ1n) is 12.1. The van der Waals surface area contributed by atoms with Crippen LogP contribution in [0.3, 0.4) is 0 Å². The Morgan fingerprint density at radius 2 is 1.06 bits per heavy atom. The molecule has 2 N–H and O–H groups in total. The number of benzene rings is 3. The number of phenols is 2. The Balaban J connectivity index is 1.99. The molecule has 3 aromatic carbocycles. The van der Waals surface area contributed by atoms with Crippen LogP contribution in [0, 0.1) is 0 Å². The molecule has 4 nitrogen and oxygen atoms in total. The zero-order chi connectivity index (χ0) is 24.8. The van der Waals surface area contributed by atoms with E-state index in [-0.39, 0.29) is 11.5 Å². The van der Waals surface area contributed by atoms with Crippen molar-refractivity contribution in [2.75, 3.05) is 0 Å². The first-order chi connectivity index (χ1) is 16.2. The van der Waals surface area contributed by atoms with Crippen molar-refractivity contribution in [3.63, 3.8) is 0 Å². The maximum absolute atomic E-state index is 10.7. The predicted octanol–water partition coefficient (Wildman–Crippen LogP) is 7.97. The van der Waals surface area contributed by atoms with Crippen molar-refractivity contribution in [3.8, 4) is 11.5 Å². The van der Waals surface area contributed by atoms with E-state index in [1.165, 1.54) is 11.1 Å². The Morgan fingerprint density at radius 1 is 0.676 bits per heavy atom. The van der Waals surface area contributed by atoms with E-state index in [1.807, 2.05) is 50.2 Å². The van der Waals surface area contributed by atoms with Crippen LogP contribution in [0.25, 0.3) is 0 Å². The van der Waals surface area contributed by atoms with Gasteiger partial charge in [0.25, 0.3) is 0 Å². The molecule has 0 saturated carbocycles. The molecule has 0 spiro atoms. The fraction of sp³-hybridized carbons (Fsp3) is 0.333. The number of nitrogens with zero attached hydrogens (tertiary/aromatic N) is 2. The third kappa shape index (κ3) is 5.74. The van der Waals surface area contributed by atoms with Gasteiger partial charge in [-0.15, -0.1) is 0 Å². The minimum Gasteiger partial charge on any atom is -0.507 e. The molecular formula is C30H36N2O2. The fourth-order valence-electron chi connectivity index (χ4n) is 3.85. The van der Waals surface area contributed by atoms with E-state index in [2.05, 4.69) is 49.8 Å². The lowest BCUT2D eigenvalue weighted by atomic mass is 9.96. The Kier molecular flexibility index (Phi) is 8.27. The van der Waals surface area contributed by atoms with Crippen molar-refractivity contribution in [2.24, 2.45) is 9.98 Å². The van der Waals surface area contributed by atoms with E-state index in [9.17, 15) is 10.2 Å². The molecule has 0 fully saturated rings. The predicted molar refractivity (Wildman–Crippen MR) is 144 cm³/mol. The summed E-state index contributed by atoms with van der Waals surface area (Å²) in [7, 11) is 0. The molecule has 3 aromatic rings. The molecule has 0 unspecified atom stereocenters. The average molecular weight is 457 g/mol. The van der Waals surface area contributed by atoms with Crippen LogP contribution in [0.1, 0.15) is 86.8 Å². The fourth-order valence-corrected chi connectivity index (χ4v) is 3.85. The molecule has 0 bridgehead atoms. The minimum atomic E-state index is 0.277. The maximum atomic E-state index is 10.7. The van der Waals surface area contributed by atoms with Gasteiger partial charge < -0.3 is 10.2 Å². The molecule has 0 radical (unpaired) electrons. The molecule has 178 valence electrons. The number of hydrogen-bond donors (Lipinski definition) is 2. The number of aromatic hydroxyl groups is 2. The van der Waals surface area contributed by atoms with Crippen LogP contribution in [0.5, 0.6) is 11.5 Å². The van der Waals surface area contributed by atoms with Crippen molar-refractivity contribution in [1.29, 1.82) is 0 Å². The normalized spacial score (nSPS) is 12.0. The van der Waals surface area contributed by atoms with E-state index in [0.29, 0.717) is 34.3 Å². The summed E-state index contributed by atoms with van der Waals surface area (Å²) in [6.07, 6.45) is 4.93. The SMILES string of the molecule is CCc1cc(C(C)C)cc(C=Nc2ccccc2N=Cc2cc(C(C)C)cc(CC)c2O)c1O. The van der Waals surface area contributed by atoms with E-state index in [4.69, 9.17) is 0 Å². The second-order valence-electron chi connectivity index (χ2n) is 9.26. The summed E-state index contributed by atoms with van der Waals surface area (Å²) >= 11 is 0. The summed E-state index contributed by atoms with van der Waals surface area (Å²) in [5.41, 5.74) is 7.00. The standard InChI is InChI=1S/C30H36N2O2/c1-7-21-13-23(19(3)4)15-25(29(21)33)17-31-27-11-9-10-12-28(27)32-18-26-16-24(20(5)6)14-22(8-2)30(26)34/h9-20,33-34H,7-8H2,1-6H3. The molecule has 34 heavy (non-hydrogen) atoms. The summed E-state index contributed by atoms with van der Waals surface area (Å²) in [5, 5.41) is 21.4. The Morgan fingerprint density at radius 3 is 1.38 bits per heavy atom. The van der Waals surface area contributed by atoms with Gasteiger partial charge in [0.05, 0.1) is 11.4 Å². The summed E-state index contributed by atoms with van der Waals surface area (Å²) < 4.78 is 0. The van der Waals surface area contributed by atoms with Crippen LogP contribution >= 0.6 is 0 Å². The second kappa shape index (κ2) is 11.1. The van der Waals surface area contributed by atoms with Gasteiger partial charge in [0.2, 0.25) is 0 Å². The van der Waals surface area contributed by atoms with Crippen molar-refractivity contribution in [1.82, 2.24) is 0 Å². The lowest BCUT2D eigenvalue weighted by molar-refractivity contribution is 0.467. The molecule has 4 heteroatoms. The van der Waals surface area contributed by atoms with Gasteiger partial charge in [0, 0.05) is 23.6 Å². The van der Waals surface area contributed by atoms with Gasteiger partial charge >= 0.3 is 0 Å². The van der Waals surface area contributed by atoms with Gasteiger partial charge in [0.15, 0.2) is 0 Å². The van der Waals surface area contributed by atoms with Crippen LogP contribution in [0.4, 0.5) is 11.4 Å². The van der Waals surface area contributed by atoms with Gasteiger partial charge in [-0.2, -0.15) is 0 Å². The third-order valence-electron chi connectivity index (χ3n) is 6.14. The van der Waals surface area contributed by atoms with Crippen LogP contribution in [0.15, 0.2) is 58.5 Å². The number of aryl methyl sites for hydroxylation is 2. The first kappa shape index (κ1) is 25.2. The Labute approximate surface area is 203 Å². The number of rotatable bonds is 8. The quantitative estimate of drug-likeness (QED) is 0.338. The topological polar surface area (TPSA) is 65.2 Å². The molecule has 0 aliphatic heterocycles.